The van der Waals surface area contributed by atoms with Crippen molar-refractivity contribution in [1.29, 1.82) is 0 Å². The van der Waals surface area contributed by atoms with Crippen LogP contribution in [0.25, 0.3) is 9.88 Å². The summed E-state index contributed by atoms with van der Waals surface area (Å²) in [6.45, 7) is 9.06. The fraction of sp³-hybridized carbons (Fsp3) is 0.533. The van der Waals surface area contributed by atoms with Gasteiger partial charge in [0.25, 0.3) is 0 Å². The van der Waals surface area contributed by atoms with E-state index in [-0.39, 0.29) is 11.3 Å². The van der Waals surface area contributed by atoms with E-state index in [0.717, 1.165) is 41.2 Å². The zero-order valence-electron chi connectivity index (χ0n) is 13.1. The van der Waals surface area contributed by atoms with Gasteiger partial charge in [0, 0.05) is 31.6 Å². The van der Waals surface area contributed by atoms with Crippen LogP contribution >= 0.6 is 22.7 Å². The van der Waals surface area contributed by atoms with E-state index in [1.54, 1.807) is 22.7 Å². The average Bonchev–Trinajstić information content (AvgIpc) is 3.16. The van der Waals surface area contributed by atoms with Gasteiger partial charge in [-0.15, -0.1) is 21.5 Å². The zero-order chi connectivity index (χ0) is 15.7. The lowest BCUT2D eigenvalue weighted by molar-refractivity contribution is -0.139. The normalized spacial score (nSPS) is 16.1. The Morgan fingerprint density at radius 2 is 1.91 bits per heavy atom. The molecule has 0 spiro atoms. The Kier molecular flexibility index (Phi) is 4.18. The van der Waals surface area contributed by atoms with Crippen LogP contribution in [0.4, 0.5) is 5.13 Å². The first-order valence-corrected chi connectivity index (χ1v) is 9.06. The number of thiophene rings is 1. The van der Waals surface area contributed by atoms with E-state index >= 15 is 0 Å². The first-order valence-electron chi connectivity index (χ1n) is 7.37. The molecule has 1 aliphatic heterocycles. The Morgan fingerprint density at radius 1 is 1.18 bits per heavy atom. The molecule has 0 unspecified atom stereocenters. The summed E-state index contributed by atoms with van der Waals surface area (Å²) in [5.74, 6) is 0.226. The summed E-state index contributed by atoms with van der Waals surface area (Å²) in [5.41, 5.74) is -0.308. The van der Waals surface area contributed by atoms with Gasteiger partial charge in [0.2, 0.25) is 11.0 Å². The summed E-state index contributed by atoms with van der Waals surface area (Å²) >= 11 is 3.30. The van der Waals surface area contributed by atoms with Gasteiger partial charge in [-0.1, -0.05) is 38.2 Å². The van der Waals surface area contributed by atoms with Crippen molar-refractivity contribution in [3.05, 3.63) is 17.5 Å². The molecule has 22 heavy (non-hydrogen) atoms. The second kappa shape index (κ2) is 5.96. The topological polar surface area (TPSA) is 49.3 Å². The molecule has 0 aromatic carbocycles. The molecule has 2 aromatic heterocycles. The van der Waals surface area contributed by atoms with Crippen LogP contribution in [0.1, 0.15) is 20.8 Å². The van der Waals surface area contributed by atoms with Gasteiger partial charge in [-0.25, -0.2) is 0 Å². The second-order valence-corrected chi connectivity index (χ2v) is 8.30. The monoisotopic (exact) mass is 336 g/mol. The van der Waals surface area contributed by atoms with Crippen molar-refractivity contribution in [2.45, 2.75) is 20.8 Å². The summed E-state index contributed by atoms with van der Waals surface area (Å²) in [6, 6.07) is 4.09. The summed E-state index contributed by atoms with van der Waals surface area (Å²) in [6.07, 6.45) is 0. The van der Waals surface area contributed by atoms with Crippen molar-refractivity contribution < 1.29 is 4.79 Å². The highest BCUT2D eigenvalue weighted by Crippen LogP contribution is 2.32. The maximum absolute atomic E-state index is 12.3. The minimum atomic E-state index is -0.308. The first-order chi connectivity index (χ1) is 10.4. The Morgan fingerprint density at radius 3 is 2.50 bits per heavy atom. The van der Waals surface area contributed by atoms with Crippen molar-refractivity contribution in [2.75, 3.05) is 31.1 Å². The lowest BCUT2D eigenvalue weighted by Gasteiger charge is -2.37. The quantitative estimate of drug-likeness (QED) is 0.846. The van der Waals surface area contributed by atoms with Gasteiger partial charge in [0.1, 0.15) is 0 Å². The number of hydrogen-bond acceptors (Lipinski definition) is 6. The molecule has 5 nitrogen and oxygen atoms in total. The highest BCUT2D eigenvalue weighted by molar-refractivity contribution is 7.22. The number of anilines is 1. The van der Waals surface area contributed by atoms with Crippen LogP contribution in [0.3, 0.4) is 0 Å². The summed E-state index contributed by atoms with van der Waals surface area (Å²) in [5, 5.41) is 12.6. The Balaban J connectivity index is 1.64. The number of nitrogens with zero attached hydrogens (tertiary/aromatic N) is 4. The van der Waals surface area contributed by atoms with Crippen molar-refractivity contribution in [3.8, 4) is 9.88 Å². The molecular formula is C15H20N4OS2. The van der Waals surface area contributed by atoms with Crippen molar-refractivity contribution in [2.24, 2.45) is 5.41 Å². The van der Waals surface area contributed by atoms with Gasteiger partial charge in [-0.2, -0.15) is 0 Å². The third-order valence-corrected chi connectivity index (χ3v) is 5.65. The van der Waals surface area contributed by atoms with Crippen LogP contribution in [-0.4, -0.2) is 47.2 Å². The summed E-state index contributed by atoms with van der Waals surface area (Å²) in [4.78, 5) is 17.6. The number of rotatable bonds is 2. The highest BCUT2D eigenvalue weighted by atomic mass is 32.1. The lowest BCUT2D eigenvalue weighted by Crippen LogP contribution is -2.51. The Bertz CT molecular complexity index is 637. The smallest absolute Gasteiger partial charge is 0.228 e. The molecule has 3 rings (SSSR count). The molecule has 118 valence electrons. The third-order valence-electron chi connectivity index (χ3n) is 3.63. The maximum Gasteiger partial charge on any atom is 0.228 e. The fourth-order valence-corrected chi connectivity index (χ4v) is 4.11. The molecule has 7 heteroatoms. The SMILES string of the molecule is CC(C)(C)C(=O)N1CCN(c2nnc(-c3cccs3)s2)CC1. The van der Waals surface area contributed by atoms with Gasteiger partial charge >= 0.3 is 0 Å². The number of carbonyl (C=O) groups excluding carboxylic acids is 1. The fourth-order valence-electron chi connectivity index (χ4n) is 2.42. The van der Waals surface area contributed by atoms with Gasteiger partial charge in [0.05, 0.1) is 4.88 Å². The standard InChI is InChI=1S/C15H20N4OS2/c1-15(2,3)13(20)18-6-8-19(9-7-18)14-17-16-12(22-14)11-5-4-10-21-11/h4-5,10H,6-9H2,1-3H3. The van der Waals surface area contributed by atoms with Crippen molar-refractivity contribution in [3.63, 3.8) is 0 Å². The second-order valence-electron chi connectivity index (χ2n) is 6.40. The van der Waals surface area contributed by atoms with Crippen molar-refractivity contribution in [1.82, 2.24) is 15.1 Å². The average molecular weight is 336 g/mol. The molecule has 2 aromatic rings. The van der Waals surface area contributed by atoms with Crippen LogP contribution in [0.2, 0.25) is 0 Å². The molecule has 1 aliphatic rings. The minimum absolute atomic E-state index is 0.226. The molecule has 0 bridgehead atoms. The third kappa shape index (κ3) is 3.15. The summed E-state index contributed by atoms with van der Waals surface area (Å²) in [7, 11) is 0. The molecule has 1 amide bonds. The molecule has 0 atom stereocenters. The van der Waals surface area contributed by atoms with E-state index in [1.807, 2.05) is 37.1 Å². The number of carbonyl (C=O) groups is 1. The molecule has 0 aliphatic carbocycles. The zero-order valence-corrected chi connectivity index (χ0v) is 14.7. The number of hydrogen-bond donors (Lipinski definition) is 0. The number of amides is 1. The first kappa shape index (κ1) is 15.4. The molecular weight excluding hydrogens is 316 g/mol. The van der Waals surface area contributed by atoms with Gasteiger partial charge in [-0.05, 0) is 11.4 Å². The van der Waals surface area contributed by atoms with E-state index in [4.69, 9.17) is 0 Å². The van der Waals surface area contributed by atoms with E-state index < -0.39 is 0 Å². The van der Waals surface area contributed by atoms with Crippen LogP contribution in [-0.2, 0) is 4.79 Å². The van der Waals surface area contributed by atoms with Crippen molar-refractivity contribution >= 4 is 33.7 Å². The van der Waals surface area contributed by atoms with Crippen LogP contribution < -0.4 is 4.90 Å². The Hall–Kier alpha value is -1.47. The van der Waals surface area contributed by atoms with Gasteiger partial charge in [0.15, 0.2) is 5.01 Å². The van der Waals surface area contributed by atoms with Gasteiger partial charge in [-0.3, -0.25) is 4.79 Å². The maximum atomic E-state index is 12.3. The molecule has 0 N–H and O–H groups in total. The number of piperazine rings is 1. The van der Waals surface area contributed by atoms with Gasteiger partial charge < -0.3 is 9.80 Å². The van der Waals surface area contributed by atoms with Crippen LogP contribution in [0.5, 0.6) is 0 Å². The van der Waals surface area contributed by atoms with E-state index in [9.17, 15) is 4.79 Å². The Labute approximate surface area is 138 Å². The molecule has 3 heterocycles. The minimum Gasteiger partial charge on any atom is -0.343 e. The summed E-state index contributed by atoms with van der Waals surface area (Å²) < 4.78 is 0. The molecule has 1 saturated heterocycles. The van der Waals surface area contributed by atoms with E-state index in [2.05, 4.69) is 21.2 Å². The van der Waals surface area contributed by atoms with Crippen LogP contribution in [0.15, 0.2) is 17.5 Å². The number of aromatic nitrogens is 2. The van der Waals surface area contributed by atoms with Crippen LogP contribution in [0, 0.1) is 5.41 Å². The molecule has 0 radical (unpaired) electrons. The highest BCUT2D eigenvalue weighted by Gasteiger charge is 2.30. The lowest BCUT2D eigenvalue weighted by atomic mass is 9.94. The van der Waals surface area contributed by atoms with E-state index in [1.165, 1.54) is 0 Å². The predicted octanol–water partition coefficient (Wildman–Crippen LogP) is 2.96. The molecule has 0 saturated carbocycles. The predicted molar refractivity (Wildman–Crippen MR) is 91.5 cm³/mol. The molecule has 1 fully saturated rings. The largest absolute Gasteiger partial charge is 0.343 e. The van der Waals surface area contributed by atoms with E-state index in [0.29, 0.717) is 0 Å².